The number of para-hydroxylation sites is 1. The highest BCUT2D eigenvalue weighted by atomic mass is 32.1. The van der Waals surface area contributed by atoms with Gasteiger partial charge in [0.15, 0.2) is 5.11 Å². The minimum atomic E-state index is -0.0613. The van der Waals surface area contributed by atoms with Gasteiger partial charge in [0.25, 0.3) is 5.56 Å². The van der Waals surface area contributed by atoms with Gasteiger partial charge in [0, 0.05) is 29.7 Å². The van der Waals surface area contributed by atoms with E-state index in [1.54, 1.807) is 0 Å². The van der Waals surface area contributed by atoms with Crippen molar-refractivity contribution in [3.63, 3.8) is 0 Å². The van der Waals surface area contributed by atoms with E-state index in [1.165, 1.54) is 4.90 Å². The third-order valence-corrected chi connectivity index (χ3v) is 5.22. The quantitative estimate of drug-likeness (QED) is 0.525. The Bertz CT molecular complexity index is 1030. The second-order valence-electron chi connectivity index (χ2n) is 7.74. The lowest BCUT2D eigenvalue weighted by Gasteiger charge is -2.26. The van der Waals surface area contributed by atoms with Gasteiger partial charge >= 0.3 is 0 Å². The van der Waals surface area contributed by atoms with E-state index < -0.39 is 0 Å². The van der Waals surface area contributed by atoms with E-state index in [2.05, 4.69) is 35.4 Å². The predicted octanol–water partition coefficient (Wildman–Crippen LogP) is 2.57. The molecule has 5 nitrogen and oxygen atoms in total. The second-order valence-corrected chi connectivity index (χ2v) is 8.13. The van der Waals surface area contributed by atoms with E-state index in [-0.39, 0.29) is 5.56 Å². The average Bonchev–Trinajstić information content (AvgIpc) is 2.68. The number of hydrogen-bond acceptors (Lipinski definition) is 2. The van der Waals surface area contributed by atoms with Crippen molar-refractivity contribution < 1.29 is 4.90 Å². The first-order valence-corrected chi connectivity index (χ1v) is 10.4. The summed E-state index contributed by atoms with van der Waals surface area (Å²) in [5.41, 5.74) is 3.60. The summed E-state index contributed by atoms with van der Waals surface area (Å²) in [5.74, 6) is 0. The lowest BCUT2D eigenvalue weighted by Crippen LogP contribution is -3.05. The summed E-state index contributed by atoms with van der Waals surface area (Å²) >= 11 is 5.69. The average molecular weight is 410 g/mol. The molecule has 6 heteroatoms. The van der Waals surface area contributed by atoms with Crippen LogP contribution < -0.4 is 15.8 Å². The zero-order valence-electron chi connectivity index (χ0n) is 17.3. The maximum absolute atomic E-state index is 12.7. The van der Waals surface area contributed by atoms with E-state index in [1.807, 2.05) is 55.5 Å². The highest BCUT2D eigenvalue weighted by molar-refractivity contribution is 7.80. The van der Waals surface area contributed by atoms with Crippen LogP contribution in [0.5, 0.6) is 0 Å². The minimum absolute atomic E-state index is 0.0613. The van der Waals surface area contributed by atoms with Crippen molar-refractivity contribution in [3.8, 4) is 0 Å². The molecule has 0 aliphatic rings. The summed E-state index contributed by atoms with van der Waals surface area (Å²) in [4.78, 5) is 19.2. The highest BCUT2D eigenvalue weighted by Crippen LogP contribution is 2.15. The Morgan fingerprint density at radius 1 is 1.14 bits per heavy atom. The molecule has 2 aromatic carbocycles. The number of pyridine rings is 1. The Morgan fingerprint density at radius 2 is 1.90 bits per heavy atom. The van der Waals surface area contributed by atoms with Crippen molar-refractivity contribution in [2.75, 3.05) is 32.5 Å². The van der Waals surface area contributed by atoms with Crippen molar-refractivity contribution in [3.05, 3.63) is 76.1 Å². The van der Waals surface area contributed by atoms with Gasteiger partial charge in [-0.1, -0.05) is 30.3 Å². The van der Waals surface area contributed by atoms with Crippen LogP contribution >= 0.6 is 12.2 Å². The van der Waals surface area contributed by atoms with Gasteiger partial charge < -0.3 is 20.1 Å². The van der Waals surface area contributed by atoms with Crippen LogP contribution in [-0.2, 0) is 6.54 Å². The van der Waals surface area contributed by atoms with Gasteiger partial charge in [-0.25, -0.2) is 0 Å². The zero-order valence-corrected chi connectivity index (χ0v) is 18.1. The van der Waals surface area contributed by atoms with Gasteiger partial charge in [0.05, 0.1) is 27.2 Å². The second kappa shape index (κ2) is 9.67. The summed E-state index contributed by atoms with van der Waals surface area (Å²) in [5, 5.41) is 4.97. The number of hydrogen-bond donors (Lipinski definition) is 3. The number of rotatable bonds is 7. The molecule has 0 saturated carbocycles. The van der Waals surface area contributed by atoms with E-state index in [9.17, 15) is 4.79 Å². The predicted molar refractivity (Wildman–Crippen MR) is 125 cm³/mol. The van der Waals surface area contributed by atoms with E-state index >= 15 is 0 Å². The van der Waals surface area contributed by atoms with Crippen LogP contribution in [0.25, 0.3) is 10.9 Å². The van der Waals surface area contributed by atoms with Gasteiger partial charge in [-0.05, 0) is 54.4 Å². The fourth-order valence-electron chi connectivity index (χ4n) is 3.28. The Labute approximate surface area is 177 Å². The number of fused-ring (bicyclic) bond motifs is 1. The van der Waals surface area contributed by atoms with E-state index in [4.69, 9.17) is 12.2 Å². The summed E-state index contributed by atoms with van der Waals surface area (Å²) < 4.78 is 0. The Balaban J connectivity index is 1.82. The number of quaternary nitrogens is 1. The van der Waals surface area contributed by atoms with Gasteiger partial charge in [-0.2, -0.15) is 0 Å². The number of H-pyrrole nitrogens is 1. The molecule has 3 aromatic rings. The molecule has 3 N–H and O–H groups in total. The Kier molecular flexibility index (Phi) is 7.01. The molecule has 1 aromatic heterocycles. The van der Waals surface area contributed by atoms with Crippen LogP contribution in [0.15, 0.2) is 59.4 Å². The Morgan fingerprint density at radius 3 is 2.62 bits per heavy atom. The first-order chi connectivity index (χ1) is 13.9. The molecule has 0 unspecified atom stereocenters. The molecule has 0 radical (unpaired) electrons. The highest BCUT2D eigenvalue weighted by Gasteiger charge is 2.14. The summed E-state index contributed by atoms with van der Waals surface area (Å²) in [6.07, 6.45) is 0.990. The number of aryl methyl sites for hydroxylation is 1. The van der Waals surface area contributed by atoms with Crippen molar-refractivity contribution in [1.29, 1.82) is 0 Å². The van der Waals surface area contributed by atoms with Crippen molar-refractivity contribution in [1.82, 2.24) is 9.88 Å². The van der Waals surface area contributed by atoms with Gasteiger partial charge in [0.1, 0.15) is 0 Å². The molecule has 0 spiro atoms. The number of benzene rings is 2. The summed E-state index contributed by atoms with van der Waals surface area (Å²) in [6.45, 7) is 4.32. The molecule has 0 saturated heterocycles. The lowest BCUT2D eigenvalue weighted by atomic mass is 10.1. The van der Waals surface area contributed by atoms with Gasteiger partial charge in [-0.15, -0.1) is 0 Å². The van der Waals surface area contributed by atoms with Crippen LogP contribution in [-0.4, -0.2) is 42.2 Å². The summed E-state index contributed by atoms with van der Waals surface area (Å²) in [7, 11) is 4.28. The molecule has 0 aliphatic carbocycles. The fourth-order valence-corrected chi connectivity index (χ4v) is 3.56. The maximum Gasteiger partial charge on any atom is 0.253 e. The number of thiocarbonyl (C=S) groups is 1. The molecule has 0 bridgehead atoms. The molecule has 0 atom stereocenters. The standard InChI is InChI=1S/C23H28N4OS/c1-17-10-11-18-15-19(22(28)25-21(18)14-17)16-27(13-7-12-26(2)3)23(29)24-20-8-5-4-6-9-20/h4-6,8-11,14-15H,7,12-13,16H2,1-3H3,(H,24,29)(H,25,28)/p+1. The topological polar surface area (TPSA) is 52.6 Å². The molecule has 0 fully saturated rings. The first kappa shape index (κ1) is 21.0. The van der Waals surface area contributed by atoms with Crippen LogP contribution in [0.3, 0.4) is 0 Å². The van der Waals surface area contributed by atoms with Crippen molar-refractivity contribution in [2.45, 2.75) is 19.9 Å². The molecule has 0 aliphatic heterocycles. The van der Waals surface area contributed by atoms with Crippen LogP contribution in [0.2, 0.25) is 0 Å². The zero-order chi connectivity index (χ0) is 20.8. The van der Waals surface area contributed by atoms with Gasteiger partial charge in [-0.3, -0.25) is 4.79 Å². The molecule has 3 rings (SSSR count). The lowest BCUT2D eigenvalue weighted by molar-refractivity contribution is -0.858. The van der Waals surface area contributed by atoms with E-state index in [0.717, 1.165) is 47.2 Å². The molecule has 0 amide bonds. The van der Waals surface area contributed by atoms with Crippen LogP contribution in [0.4, 0.5) is 5.69 Å². The molecular formula is C23H29N4OS+. The molecule has 29 heavy (non-hydrogen) atoms. The fraction of sp³-hybridized carbons (Fsp3) is 0.304. The number of nitrogens with zero attached hydrogens (tertiary/aromatic N) is 1. The van der Waals surface area contributed by atoms with E-state index in [0.29, 0.717) is 11.7 Å². The van der Waals surface area contributed by atoms with Gasteiger partial charge in [0.2, 0.25) is 0 Å². The number of anilines is 1. The normalized spacial score (nSPS) is 11.0. The molecule has 1 heterocycles. The minimum Gasteiger partial charge on any atom is -0.344 e. The van der Waals surface area contributed by atoms with Crippen molar-refractivity contribution >= 4 is 33.9 Å². The monoisotopic (exact) mass is 409 g/mol. The molecule has 152 valence electrons. The number of aromatic nitrogens is 1. The first-order valence-electron chi connectivity index (χ1n) is 9.95. The maximum atomic E-state index is 12.7. The third-order valence-electron chi connectivity index (χ3n) is 4.86. The van der Waals surface area contributed by atoms with Crippen molar-refractivity contribution in [2.24, 2.45) is 0 Å². The number of nitrogens with one attached hydrogen (secondary N) is 3. The summed E-state index contributed by atoms with van der Waals surface area (Å²) in [6, 6.07) is 18.0. The molecular weight excluding hydrogens is 380 g/mol. The largest absolute Gasteiger partial charge is 0.344 e. The smallest absolute Gasteiger partial charge is 0.253 e. The SMILES string of the molecule is Cc1ccc2cc(CN(CCC[NH+](C)C)C(=S)Nc3ccccc3)c(=O)[nH]c2c1. The number of aromatic amines is 1. The third kappa shape index (κ3) is 5.89. The van der Waals surface area contributed by atoms with Crippen LogP contribution in [0.1, 0.15) is 17.5 Å². The Hall–Kier alpha value is -2.70. The van der Waals surface area contributed by atoms with Crippen LogP contribution in [0, 0.1) is 6.92 Å².